The molecule has 1 unspecified atom stereocenters. The average Bonchev–Trinajstić information content (AvgIpc) is 2.47. The molecule has 1 rings (SSSR count). The number of rotatable bonds is 9. The van der Waals surface area contributed by atoms with E-state index in [-0.39, 0.29) is 6.04 Å². The van der Waals surface area contributed by atoms with Crippen molar-refractivity contribution in [1.82, 2.24) is 0 Å². The van der Waals surface area contributed by atoms with E-state index in [1.54, 1.807) is 26.0 Å². The molecule has 0 saturated heterocycles. The zero-order valence-corrected chi connectivity index (χ0v) is 13.6. The molecule has 2 N–H and O–H groups in total. The molecule has 0 heterocycles. The third-order valence-corrected chi connectivity index (χ3v) is 3.65. The predicted octanol–water partition coefficient (Wildman–Crippen LogP) is 2.73. The SMILES string of the molecule is CCC(N)Cc1cc(OC)c(OCCSC)c(OC)c1. The number of methoxy groups -OCH3 is 2. The molecule has 1 aromatic carbocycles. The third kappa shape index (κ3) is 4.80. The Bertz CT molecular complexity index is 387. The van der Waals surface area contributed by atoms with Crippen LogP contribution in [0.1, 0.15) is 18.9 Å². The van der Waals surface area contributed by atoms with Gasteiger partial charge in [0.05, 0.1) is 20.8 Å². The van der Waals surface area contributed by atoms with E-state index in [9.17, 15) is 0 Å². The van der Waals surface area contributed by atoms with E-state index in [1.807, 2.05) is 18.4 Å². The van der Waals surface area contributed by atoms with Gasteiger partial charge in [0.2, 0.25) is 5.75 Å². The summed E-state index contributed by atoms with van der Waals surface area (Å²) < 4.78 is 16.6. The summed E-state index contributed by atoms with van der Waals surface area (Å²) in [6, 6.07) is 4.10. The molecule has 1 aromatic rings. The highest BCUT2D eigenvalue weighted by molar-refractivity contribution is 7.98. The Hall–Kier alpha value is -1.07. The van der Waals surface area contributed by atoms with Gasteiger partial charge in [-0.1, -0.05) is 6.92 Å². The number of benzene rings is 1. The molecule has 0 aromatic heterocycles. The molecule has 0 aliphatic carbocycles. The maximum absolute atomic E-state index is 6.01. The van der Waals surface area contributed by atoms with Crippen LogP contribution in [0.15, 0.2) is 12.1 Å². The summed E-state index contributed by atoms with van der Waals surface area (Å²) in [5.74, 6) is 2.99. The van der Waals surface area contributed by atoms with Gasteiger partial charge in [0.15, 0.2) is 11.5 Å². The zero-order chi connectivity index (χ0) is 15.0. The van der Waals surface area contributed by atoms with E-state index in [4.69, 9.17) is 19.9 Å². The number of nitrogens with two attached hydrogens (primary N) is 1. The van der Waals surface area contributed by atoms with E-state index in [2.05, 4.69) is 6.92 Å². The highest BCUT2D eigenvalue weighted by Gasteiger charge is 2.15. The summed E-state index contributed by atoms with van der Waals surface area (Å²) in [5.41, 5.74) is 7.11. The number of ether oxygens (including phenoxy) is 3. The summed E-state index contributed by atoms with van der Waals surface area (Å²) in [5, 5.41) is 0. The number of thioether (sulfide) groups is 1. The maximum atomic E-state index is 6.01. The molecule has 0 radical (unpaired) electrons. The molecule has 1 atom stereocenters. The van der Waals surface area contributed by atoms with Crippen LogP contribution in [-0.2, 0) is 6.42 Å². The molecule has 0 amide bonds. The van der Waals surface area contributed by atoms with Crippen LogP contribution in [0.4, 0.5) is 0 Å². The standard InChI is InChI=1S/C15H25NO3S/c1-5-12(16)8-11-9-13(17-2)15(14(10-11)18-3)19-6-7-20-4/h9-10,12H,5-8,16H2,1-4H3. The molecule has 0 bridgehead atoms. The second-order valence-corrected chi connectivity index (χ2v) is 5.53. The molecule has 0 aliphatic rings. The molecule has 20 heavy (non-hydrogen) atoms. The van der Waals surface area contributed by atoms with Gasteiger partial charge in [0.25, 0.3) is 0 Å². The van der Waals surface area contributed by atoms with Crippen LogP contribution < -0.4 is 19.9 Å². The summed E-state index contributed by atoms with van der Waals surface area (Å²) in [6.45, 7) is 2.71. The molecule has 0 saturated carbocycles. The molecular formula is C15H25NO3S. The van der Waals surface area contributed by atoms with Crippen LogP contribution in [-0.4, -0.2) is 38.9 Å². The normalized spacial score (nSPS) is 12.1. The average molecular weight is 299 g/mol. The van der Waals surface area contributed by atoms with E-state index >= 15 is 0 Å². The molecule has 0 spiro atoms. The Labute approximate surface area is 126 Å². The van der Waals surface area contributed by atoms with E-state index in [1.165, 1.54) is 0 Å². The van der Waals surface area contributed by atoms with Gasteiger partial charge in [0, 0.05) is 11.8 Å². The van der Waals surface area contributed by atoms with Crippen LogP contribution in [0.2, 0.25) is 0 Å². The van der Waals surface area contributed by atoms with Crippen molar-refractivity contribution in [3.63, 3.8) is 0 Å². The van der Waals surface area contributed by atoms with Gasteiger partial charge < -0.3 is 19.9 Å². The fraction of sp³-hybridized carbons (Fsp3) is 0.600. The van der Waals surface area contributed by atoms with Gasteiger partial charge in [0.1, 0.15) is 0 Å². The summed E-state index contributed by atoms with van der Waals surface area (Å²) in [4.78, 5) is 0. The predicted molar refractivity (Wildman–Crippen MR) is 85.4 cm³/mol. The zero-order valence-electron chi connectivity index (χ0n) is 12.8. The topological polar surface area (TPSA) is 53.7 Å². The second kappa shape index (κ2) is 8.97. The van der Waals surface area contributed by atoms with Crippen molar-refractivity contribution in [3.8, 4) is 17.2 Å². The van der Waals surface area contributed by atoms with Gasteiger partial charge in [-0.15, -0.1) is 0 Å². The molecule has 114 valence electrons. The summed E-state index contributed by atoms with van der Waals surface area (Å²) in [7, 11) is 3.28. The monoisotopic (exact) mass is 299 g/mol. The first-order valence-electron chi connectivity index (χ1n) is 6.78. The van der Waals surface area contributed by atoms with Crippen molar-refractivity contribution in [2.24, 2.45) is 5.73 Å². The lowest BCUT2D eigenvalue weighted by molar-refractivity contribution is 0.290. The van der Waals surface area contributed by atoms with Gasteiger partial charge in [-0.2, -0.15) is 11.8 Å². The van der Waals surface area contributed by atoms with Gasteiger partial charge in [-0.3, -0.25) is 0 Å². The lowest BCUT2D eigenvalue weighted by atomic mass is 10.0. The van der Waals surface area contributed by atoms with Crippen molar-refractivity contribution < 1.29 is 14.2 Å². The minimum Gasteiger partial charge on any atom is -0.493 e. The van der Waals surface area contributed by atoms with Crippen LogP contribution in [0.3, 0.4) is 0 Å². The first-order valence-corrected chi connectivity index (χ1v) is 8.17. The lowest BCUT2D eigenvalue weighted by Gasteiger charge is -2.17. The minimum atomic E-state index is 0.146. The minimum absolute atomic E-state index is 0.146. The van der Waals surface area contributed by atoms with E-state index < -0.39 is 0 Å². The van der Waals surface area contributed by atoms with Crippen LogP contribution in [0, 0.1) is 0 Å². The molecule has 0 fully saturated rings. The molecule has 4 nitrogen and oxygen atoms in total. The van der Waals surface area contributed by atoms with E-state index in [0.717, 1.165) is 24.2 Å². The highest BCUT2D eigenvalue weighted by atomic mass is 32.2. The third-order valence-electron chi connectivity index (χ3n) is 3.08. The maximum Gasteiger partial charge on any atom is 0.203 e. The summed E-state index contributed by atoms with van der Waals surface area (Å²) in [6.07, 6.45) is 3.79. The van der Waals surface area contributed by atoms with Crippen molar-refractivity contribution in [3.05, 3.63) is 17.7 Å². The van der Waals surface area contributed by atoms with Gasteiger partial charge >= 0.3 is 0 Å². The largest absolute Gasteiger partial charge is 0.493 e. The number of hydrogen-bond donors (Lipinski definition) is 1. The highest BCUT2D eigenvalue weighted by Crippen LogP contribution is 2.38. The van der Waals surface area contributed by atoms with Crippen LogP contribution in [0.5, 0.6) is 17.2 Å². The Morgan fingerprint density at radius 3 is 2.25 bits per heavy atom. The Morgan fingerprint density at radius 2 is 1.80 bits per heavy atom. The van der Waals surface area contributed by atoms with Crippen molar-refractivity contribution in [2.45, 2.75) is 25.8 Å². The van der Waals surface area contributed by atoms with Gasteiger partial charge in [-0.05, 0) is 36.8 Å². The molecule has 5 heteroatoms. The van der Waals surface area contributed by atoms with Crippen molar-refractivity contribution in [1.29, 1.82) is 0 Å². The number of hydrogen-bond acceptors (Lipinski definition) is 5. The van der Waals surface area contributed by atoms with E-state index in [0.29, 0.717) is 23.9 Å². The van der Waals surface area contributed by atoms with Crippen molar-refractivity contribution in [2.75, 3.05) is 32.8 Å². The van der Waals surface area contributed by atoms with Crippen LogP contribution in [0.25, 0.3) is 0 Å². The lowest BCUT2D eigenvalue weighted by Crippen LogP contribution is -2.21. The fourth-order valence-corrected chi connectivity index (χ4v) is 2.12. The first-order chi connectivity index (χ1) is 9.65. The van der Waals surface area contributed by atoms with Gasteiger partial charge in [-0.25, -0.2) is 0 Å². The Balaban J connectivity index is 2.98. The first kappa shape index (κ1) is 17.0. The Morgan fingerprint density at radius 1 is 1.20 bits per heavy atom. The molecular weight excluding hydrogens is 274 g/mol. The fourth-order valence-electron chi connectivity index (χ4n) is 1.87. The molecule has 0 aliphatic heterocycles. The smallest absolute Gasteiger partial charge is 0.203 e. The second-order valence-electron chi connectivity index (χ2n) is 4.54. The Kier molecular flexibility index (Phi) is 7.62. The summed E-state index contributed by atoms with van der Waals surface area (Å²) >= 11 is 1.74. The van der Waals surface area contributed by atoms with Crippen molar-refractivity contribution >= 4 is 11.8 Å². The quantitative estimate of drug-likeness (QED) is 0.711. The van der Waals surface area contributed by atoms with Crippen LogP contribution >= 0.6 is 11.8 Å².